The molecular formula is C57H36N6. The van der Waals surface area contributed by atoms with Crippen molar-refractivity contribution in [3.8, 4) is 51.2 Å². The second-order valence-electron chi connectivity index (χ2n) is 16.0. The first-order chi connectivity index (χ1) is 31.3. The Labute approximate surface area is 362 Å². The zero-order valence-electron chi connectivity index (χ0n) is 34.0. The van der Waals surface area contributed by atoms with Gasteiger partial charge in [0, 0.05) is 60.4 Å². The van der Waals surface area contributed by atoms with Crippen LogP contribution in [0.2, 0.25) is 0 Å². The maximum atomic E-state index is 5.34. The number of rotatable bonds is 6. The van der Waals surface area contributed by atoms with E-state index in [0.717, 1.165) is 66.6 Å². The SMILES string of the molecule is c1ccc(-c2nc(-c3ccccc3)nc(-c3cc4c5ccc(-n6c7ccccc7c7ccccc76)cc5n(-c5ccccc5)c4cc3-n3c4ccccc4c4ccccc43)n2)cc1. The number of benzene rings is 9. The second kappa shape index (κ2) is 14.0. The van der Waals surface area contributed by atoms with E-state index in [9.17, 15) is 0 Å². The highest BCUT2D eigenvalue weighted by molar-refractivity contribution is 6.15. The third-order valence-electron chi connectivity index (χ3n) is 12.5. The lowest BCUT2D eigenvalue weighted by molar-refractivity contribution is 1.06. The van der Waals surface area contributed by atoms with Crippen LogP contribution in [0.4, 0.5) is 0 Å². The zero-order valence-corrected chi connectivity index (χ0v) is 34.0. The van der Waals surface area contributed by atoms with E-state index in [-0.39, 0.29) is 0 Å². The van der Waals surface area contributed by atoms with Crippen molar-refractivity contribution in [1.82, 2.24) is 28.7 Å². The van der Waals surface area contributed by atoms with Gasteiger partial charge in [0.1, 0.15) is 0 Å². The second-order valence-corrected chi connectivity index (χ2v) is 16.0. The van der Waals surface area contributed by atoms with Crippen LogP contribution in [-0.4, -0.2) is 28.7 Å². The number of nitrogens with zero attached hydrogens (tertiary/aromatic N) is 6. The van der Waals surface area contributed by atoms with E-state index >= 15 is 0 Å². The summed E-state index contributed by atoms with van der Waals surface area (Å²) in [6.07, 6.45) is 0. The Morgan fingerprint density at radius 2 is 0.651 bits per heavy atom. The van der Waals surface area contributed by atoms with Crippen molar-refractivity contribution >= 4 is 65.4 Å². The molecule has 0 fully saturated rings. The van der Waals surface area contributed by atoms with E-state index in [1.807, 2.05) is 36.4 Å². The van der Waals surface area contributed by atoms with E-state index in [0.29, 0.717) is 17.5 Å². The van der Waals surface area contributed by atoms with Crippen LogP contribution in [0, 0.1) is 0 Å². The van der Waals surface area contributed by atoms with Crippen molar-refractivity contribution in [1.29, 1.82) is 0 Å². The van der Waals surface area contributed by atoms with Gasteiger partial charge in [0.2, 0.25) is 0 Å². The molecule has 0 saturated heterocycles. The first-order valence-corrected chi connectivity index (χ1v) is 21.3. The molecule has 0 radical (unpaired) electrons. The molecule has 0 aliphatic carbocycles. The van der Waals surface area contributed by atoms with Gasteiger partial charge in [-0.25, -0.2) is 15.0 Å². The van der Waals surface area contributed by atoms with Crippen LogP contribution in [0.25, 0.3) is 117 Å². The van der Waals surface area contributed by atoms with E-state index in [4.69, 9.17) is 15.0 Å². The number of hydrogen-bond donors (Lipinski definition) is 0. The summed E-state index contributed by atoms with van der Waals surface area (Å²) in [7, 11) is 0. The Balaban J connectivity index is 1.17. The number of aromatic nitrogens is 6. The predicted molar refractivity (Wildman–Crippen MR) is 259 cm³/mol. The Kier molecular flexibility index (Phi) is 7.80. The van der Waals surface area contributed by atoms with Gasteiger partial charge in [-0.2, -0.15) is 0 Å². The maximum Gasteiger partial charge on any atom is 0.166 e. The molecule has 13 aromatic rings. The van der Waals surface area contributed by atoms with Gasteiger partial charge < -0.3 is 13.7 Å². The molecule has 0 bridgehead atoms. The minimum Gasteiger partial charge on any atom is -0.309 e. The van der Waals surface area contributed by atoms with Gasteiger partial charge in [-0.15, -0.1) is 0 Å². The highest BCUT2D eigenvalue weighted by Crippen LogP contribution is 2.43. The topological polar surface area (TPSA) is 53.5 Å². The third-order valence-corrected chi connectivity index (χ3v) is 12.5. The van der Waals surface area contributed by atoms with Crippen LogP contribution in [0.5, 0.6) is 0 Å². The summed E-state index contributed by atoms with van der Waals surface area (Å²) in [6, 6.07) is 77.4. The maximum absolute atomic E-state index is 5.34. The molecule has 0 spiro atoms. The van der Waals surface area contributed by atoms with Gasteiger partial charge in [0.15, 0.2) is 17.5 Å². The van der Waals surface area contributed by atoms with Crippen LogP contribution < -0.4 is 0 Å². The molecule has 0 amide bonds. The molecule has 0 saturated carbocycles. The third kappa shape index (κ3) is 5.48. The fraction of sp³-hybridized carbons (Fsp3) is 0. The highest BCUT2D eigenvalue weighted by Gasteiger charge is 2.24. The summed E-state index contributed by atoms with van der Waals surface area (Å²) in [5, 5.41) is 7.08. The summed E-state index contributed by atoms with van der Waals surface area (Å²) < 4.78 is 7.21. The number of fused-ring (bicyclic) bond motifs is 9. The first kappa shape index (κ1) is 35.2. The first-order valence-electron chi connectivity index (χ1n) is 21.3. The van der Waals surface area contributed by atoms with Crippen molar-refractivity contribution < 1.29 is 0 Å². The fourth-order valence-corrected chi connectivity index (χ4v) is 9.71. The fourth-order valence-electron chi connectivity index (χ4n) is 9.71. The molecule has 294 valence electrons. The summed E-state index contributed by atoms with van der Waals surface area (Å²) >= 11 is 0. The lowest BCUT2D eigenvalue weighted by Crippen LogP contribution is -2.04. The van der Waals surface area contributed by atoms with Gasteiger partial charge in [-0.3, -0.25) is 0 Å². The van der Waals surface area contributed by atoms with Gasteiger partial charge in [-0.1, -0.05) is 158 Å². The smallest absolute Gasteiger partial charge is 0.166 e. The molecule has 0 aliphatic heterocycles. The molecule has 9 aromatic carbocycles. The van der Waals surface area contributed by atoms with Crippen molar-refractivity contribution in [3.63, 3.8) is 0 Å². The number of hydrogen-bond acceptors (Lipinski definition) is 3. The number of para-hydroxylation sites is 5. The molecule has 0 N–H and O–H groups in total. The summed E-state index contributed by atoms with van der Waals surface area (Å²) in [5.41, 5.74) is 12.7. The Morgan fingerprint density at radius 3 is 1.17 bits per heavy atom. The summed E-state index contributed by atoms with van der Waals surface area (Å²) in [6.45, 7) is 0. The van der Waals surface area contributed by atoms with Crippen LogP contribution in [0.15, 0.2) is 218 Å². The normalized spacial score (nSPS) is 11.8. The minimum absolute atomic E-state index is 0.601. The zero-order chi connectivity index (χ0) is 41.4. The Morgan fingerprint density at radius 1 is 0.254 bits per heavy atom. The molecule has 0 atom stereocenters. The quantitative estimate of drug-likeness (QED) is 0.168. The van der Waals surface area contributed by atoms with E-state index < -0.39 is 0 Å². The van der Waals surface area contributed by atoms with Crippen LogP contribution >= 0.6 is 0 Å². The Hall–Kier alpha value is -8.61. The van der Waals surface area contributed by atoms with Crippen molar-refractivity contribution in [2.75, 3.05) is 0 Å². The van der Waals surface area contributed by atoms with E-state index in [1.54, 1.807) is 0 Å². The van der Waals surface area contributed by atoms with Crippen LogP contribution in [0.3, 0.4) is 0 Å². The molecule has 0 aliphatic rings. The minimum atomic E-state index is 0.601. The molecule has 4 heterocycles. The molecule has 6 nitrogen and oxygen atoms in total. The summed E-state index contributed by atoms with van der Waals surface area (Å²) in [4.78, 5) is 15.8. The van der Waals surface area contributed by atoms with Gasteiger partial charge in [0.05, 0.1) is 38.8 Å². The van der Waals surface area contributed by atoms with Crippen molar-refractivity contribution in [2.24, 2.45) is 0 Å². The lowest BCUT2D eigenvalue weighted by atomic mass is 10.0. The highest BCUT2D eigenvalue weighted by atomic mass is 15.1. The Bertz CT molecular complexity index is 3730. The summed E-state index contributed by atoms with van der Waals surface area (Å²) in [5.74, 6) is 1.84. The van der Waals surface area contributed by atoms with Gasteiger partial charge in [0.25, 0.3) is 0 Å². The van der Waals surface area contributed by atoms with Gasteiger partial charge in [-0.05, 0) is 60.7 Å². The molecular weight excluding hydrogens is 769 g/mol. The average molecular weight is 805 g/mol. The molecule has 63 heavy (non-hydrogen) atoms. The van der Waals surface area contributed by atoms with Crippen LogP contribution in [-0.2, 0) is 0 Å². The van der Waals surface area contributed by atoms with Crippen molar-refractivity contribution in [3.05, 3.63) is 218 Å². The van der Waals surface area contributed by atoms with E-state index in [2.05, 4.69) is 196 Å². The monoisotopic (exact) mass is 804 g/mol. The van der Waals surface area contributed by atoms with Crippen molar-refractivity contribution in [2.45, 2.75) is 0 Å². The lowest BCUT2D eigenvalue weighted by Gasteiger charge is -2.16. The average Bonchev–Trinajstić information content (AvgIpc) is 3.99. The molecule has 4 aromatic heterocycles. The molecule has 6 heteroatoms. The molecule has 0 unspecified atom stereocenters. The van der Waals surface area contributed by atoms with E-state index in [1.165, 1.54) is 32.6 Å². The standard InChI is InChI=1S/C57H36N6/c1-4-18-37(19-5-1)55-58-56(38-20-6-2-7-21-38)60-57(59-55)47-35-46-45-33-32-40(62-48-28-14-10-24-41(48)42-25-11-15-29-49(42)62)34-52(45)61(39-22-8-3-9-23-39)53(46)36-54(47)63-50-30-16-12-26-43(50)44-27-13-17-31-51(44)63/h1-36H. The predicted octanol–water partition coefficient (Wildman–Crippen LogP) is 14.2. The van der Waals surface area contributed by atoms with Gasteiger partial charge >= 0.3 is 0 Å². The largest absolute Gasteiger partial charge is 0.309 e. The van der Waals surface area contributed by atoms with Crippen LogP contribution in [0.1, 0.15) is 0 Å². The molecule has 13 rings (SSSR count).